The van der Waals surface area contributed by atoms with Crippen LogP contribution in [0.2, 0.25) is 0 Å². The summed E-state index contributed by atoms with van der Waals surface area (Å²) in [5.74, 6) is 0. The van der Waals surface area contributed by atoms with Gasteiger partial charge in [0.1, 0.15) is 6.23 Å². The Morgan fingerprint density at radius 1 is 1.06 bits per heavy atom. The lowest BCUT2D eigenvalue weighted by atomic mass is 10.1. The van der Waals surface area contributed by atoms with E-state index in [1.807, 2.05) is 6.07 Å². The first-order valence-electron chi connectivity index (χ1n) is 7.16. The number of aliphatic hydroxyl groups excluding tert-OH is 1. The van der Waals surface area contributed by atoms with E-state index in [1.54, 1.807) is 0 Å². The fraction of sp³-hybridized carbons (Fsp3) is 0.625. The van der Waals surface area contributed by atoms with Gasteiger partial charge in [-0.2, -0.15) is 0 Å². The summed E-state index contributed by atoms with van der Waals surface area (Å²) in [6.45, 7) is 6.37. The van der Waals surface area contributed by atoms with Crippen LogP contribution in [0.5, 0.6) is 0 Å². The maximum absolute atomic E-state index is 10.00. The largest absolute Gasteiger partial charge is 0.374 e. The van der Waals surface area contributed by atoms with E-state index < -0.39 is 6.23 Å². The zero-order chi connectivity index (χ0) is 13.4. The van der Waals surface area contributed by atoms with Crippen molar-refractivity contribution in [1.82, 2.24) is 0 Å². The van der Waals surface area contributed by atoms with Gasteiger partial charge in [-0.1, -0.05) is 50.8 Å². The van der Waals surface area contributed by atoms with Crippen LogP contribution in [0.1, 0.15) is 56.6 Å². The van der Waals surface area contributed by atoms with Crippen molar-refractivity contribution >= 4 is 5.69 Å². The fourth-order valence-corrected chi connectivity index (χ4v) is 2.22. The molecule has 0 heterocycles. The summed E-state index contributed by atoms with van der Waals surface area (Å²) in [7, 11) is 0. The minimum absolute atomic E-state index is 0.425. The number of rotatable bonds is 8. The molecular formula is C16H27NO. The van der Waals surface area contributed by atoms with Crippen molar-refractivity contribution in [2.75, 3.05) is 5.32 Å². The summed E-state index contributed by atoms with van der Waals surface area (Å²) in [5, 5.41) is 13.2. The highest BCUT2D eigenvalue weighted by atomic mass is 16.3. The van der Waals surface area contributed by atoms with E-state index in [2.05, 4.69) is 38.2 Å². The summed E-state index contributed by atoms with van der Waals surface area (Å²) in [4.78, 5) is 0. The van der Waals surface area contributed by atoms with Crippen LogP contribution in [0, 0.1) is 13.8 Å². The number of unbranched alkanes of at least 4 members (excludes halogenated alkanes) is 4. The maximum atomic E-state index is 10.00. The van der Waals surface area contributed by atoms with Gasteiger partial charge in [-0.3, -0.25) is 0 Å². The molecule has 0 aliphatic heterocycles. The molecule has 0 aromatic heterocycles. The van der Waals surface area contributed by atoms with Gasteiger partial charge in [0.25, 0.3) is 0 Å². The third-order valence-electron chi connectivity index (χ3n) is 3.37. The highest BCUT2D eigenvalue weighted by Gasteiger charge is 2.07. The molecule has 0 fully saturated rings. The van der Waals surface area contributed by atoms with Crippen LogP contribution in [-0.4, -0.2) is 11.3 Å². The van der Waals surface area contributed by atoms with E-state index in [9.17, 15) is 5.11 Å². The Balaban J connectivity index is 2.33. The lowest BCUT2D eigenvalue weighted by Gasteiger charge is -2.18. The van der Waals surface area contributed by atoms with Gasteiger partial charge >= 0.3 is 0 Å². The molecule has 1 aromatic carbocycles. The maximum Gasteiger partial charge on any atom is 0.124 e. The monoisotopic (exact) mass is 249 g/mol. The highest BCUT2D eigenvalue weighted by molar-refractivity contribution is 5.56. The molecule has 2 heteroatoms. The van der Waals surface area contributed by atoms with E-state index in [4.69, 9.17) is 0 Å². The third kappa shape index (κ3) is 5.09. The predicted molar refractivity (Wildman–Crippen MR) is 78.9 cm³/mol. The molecule has 1 rings (SSSR count). The predicted octanol–water partition coefficient (Wildman–Crippen LogP) is 4.39. The smallest absolute Gasteiger partial charge is 0.124 e. The van der Waals surface area contributed by atoms with Crippen molar-refractivity contribution in [3.8, 4) is 0 Å². The Bertz CT molecular complexity index is 329. The second-order valence-corrected chi connectivity index (χ2v) is 5.13. The van der Waals surface area contributed by atoms with Crippen molar-refractivity contribution < 1.29 is 5.11 Å². The number of benzene rings is 1. The Kier molecular flexibility index (Phi) is 6.81. The Hall–Kier alpha value is -1.02. The van der Waals surface area contributed by atoms with Crippen LogP contribution < -0.4 is 5.32 Å². The van der Waals surface area contributed by atoms with E-state index in [-0.39, 0.29) is 0 Å². The number of anilines is 1. The van der Waals surface area contributed by atoms with E-state index in [0.29, 0.717) is 0 Å². The molecule has 0 spiro atoms. The molecule has 0 radical (unpaired) electrons. The molecule has 0 aliphatic carbocycles. The number of para-hydroxylation sites is 1. The number of nitrogens with one attached hydrogen (secondary N) is 1. The molecule has 0 saturated carbocycles. The van der Waals surface area contributed by atoms with Crippen molar-refractivity contribution in [3.63, 3.8) is 0 Å². The molecule has 18 heavy (non-hydrogen) atoms. The lowest BCUT2D eigenvalue weighted by Crippen LogP contribution is -2.19. The average Bonchev–Trinajstić information content (AvgIpc) is 2.34. The highest BCUT2D eigenvalue weighted by Crippen LogP contribution is 2.21. The first-order chi connectivity index (χ1) is 8.65. The second kappa shape index (κ2) is 8.15. The average molecular weight is 249 g/mol. The van der Waals surface area contributed by atoms with E-state index in [1.165, 1.54) is 36.8 Å². The van der Waals surface area contributed by atoms with Crippen LogP contribution in [-0.2, 0) is 0 Å². The summed E-state index contributed by atoms with van der Waals surface area (Å²) in [6.07, 6.45) is 6.58. The summed E-state index contributed by atoms with van der Waals surface area (Å²) >= 11 is 0. The van der Waals surface area contributed by atoms with E-state index >= 15 is 0 Å². The molecule has 1 unspecified atom stereocenters. The van der Waals surface area contributed by atoms with Crippen LogP contribution in [0.15, 0.2) is 18.2 Å². The first kappa shape index (κ1) is 15.0. The van der Waals surface area contributed by atoms with Crippen molar-refractivity contribution in [3.05, 3.63) is 29.3 Å². The molecule has 1 aromatic rings. The number of aryl methyl sites for hydroxylation is 2. The minimum atomic E-state index is -0.425. The molecule has 0 bridgehead atoms. The Morgan fingerprint density at radius 2 is 1.67 bits per heavy atom. The second-order valence-electron chi connectivity index (χ2n) is 5.13. The number of hydrogen-bond donors (Lipinski definition) is 2. The third-order valence-corrected chi connectivity index (χ3v) is 3.37. The van der Waals surface area contributed by atoms with Crippen molar-refractivity contribution in [2.45, 2.75) is 65.5 Å². The summed E-state index contributed by atoms with van der Waals surface area (Å²) < 4.78 is 0. The van der Waals surface area contributed by atoms with Gasteiger partial charge in [0.05, 0.1) is 0 Å². The molecule has 2 nitrogen and oxygen atoms in total. The molecule has 2 N–H and O–H groups in total. The topological polar surface area (TPSA) is 32.3 Å². The normalized spacial score (nSPS) is 12.4. The first-order valence-corrected chi connectivity index (χ1v) is 7.16. The Labute approximate surface area is 111 Å². The molecular weight excluding hydrogens is 222 g/mol. The van der Waals surface area contributed by atoms with Gasteiger partial charge in [-0.25, -0.2) is 0 Å². The quantitative estimate of drug-likeness (QED) is 0.529. The van der Waals surface area contributed by atoms with Gasteiger partial charge in [-0.05, 0) is 37.8 Å². The zero-order valence-electron chi connectivity index (χ0n) is 12.0. The van der Waals surface area contributed by atoms with Crippen LogP contribution in [0.3, 0.4) is 0 Å². The van der Waals surface area contributed by atoms with E-state index in [0.717, 1.165) is 18.5 Å². The number of aliphatic hydroxyl groups is 1. The van der Waals surface area contributed by atoms with Gasteiger partial charge < -0.3 is 10.4 Å². The van der Waals surface area contributed by atoms with Crippen LogP contribution in [0.25, 0.3) is 0 Å². The molecule has 0 amide bonds. The van der Waals surface area contributed by atoms with Gasteiger partial charge in [0.2, 0.25) is 0 Å². The van der Waals surface area contributed by atoms with Crippen molar-refractivity contribution in [2.24, 2.45) is 0 Å². The minimum Gasteiger partial charge on any atom is -0.374 e. The standard InChI is InChI=1S/C16H27NO/c1-4-5-6-7-8-12-15(18)17-16-13(2)10-9-11-14(16)3/h9-11,15,17-18H,4-8,12H2,1-3H3. The van der Waals surface area contributed by atoms with Crippen LogP contribution >= 0.6 is 0 Å². The molecule has 0 aliphatic rings. The summed E-state index contributed by atoms with van der Waals surface area (Å²) in [5.41, 5.74) is 3.47. The molecule has 102 valence electrons. The fourth-order valence-electron chi connectivity index (χ4n) is 2.22. The zero-order valence-corrected chi connectivity index (χ0v) is 12.0. The molecule has 1 atom stereocenters. The number of hydrogen-bond acceptors (Lipinski definition) is 2. The van der Waals surface area contributed by atoms with Gasteiger partial charge in [0.15, 0.2) is 0 Å². The van der Waals surface area contributed by atoms with Gasteiger partial charge in [-0.15, -0.1) is 0 Å². The molecule has 0 saturated heterocycles. The lowest BCUT2D eigenvalue weighted by molar-refractivity contribution is 0.188. The summed E-state index contributed by atoms with van der Waals surface area (Å²) in [6, 6.07) is 6.19. The van der Waals surface area contributed by atoms with Crippen LogP contribution in [0.4, 0.5) is 5.69 Å². The van der Waals surface area contributed by atoms with Gasteiger partial charge in [0, 0.05) is 5.69 Å². The van der Waals surface area contributed by atoms with Crippen molar-refractivity contribution in [1.29, 1.82) is 0 Å². The SMILES string of the molecule is CCCCCCCC(O)Nc1c(C)cccc1C. The Morgan fingerprint density at radius 3 is 2.28 bits per heavy atom.